The van der Waals surface area contributed by atoms with Gasteiger partial charge >= 0.3 is 5.97 Å². The summed E-state index contributed by atoms with van der Waals surface area (Å²) < 4.78 is 19.1. The van der Waals surface area contributed by atoms with Crippen LogP contribution in [0.1, 0.15) is 107 Å². The van der Waals surface area contributed by atoms with E-state index < -0.39 is 11.9 Å². The molecular formula is C42H55N3O7. The lowest BCUT2D eigenvalue weighted by atomic mass is 9.98. The fourth-order valence-corrected chi connectivity index (χ4v) is 6.84. The lowest BCUT2D eigenvalue weighted by Gasteiger charge is -2.38. The van der Waals surface area contributed by atoms with Gasteiger partial charge in [-0.15, -0.1) is 0 Å². The lowest BCUT2D eigenvalue weighted by molar-refractivity contribution is -0.253. The SMILES string of the molecule is CC(=O)NCCCCCC(=O)NCc1cccc(-c2cccc([C@@H]3O[C@H](CN4CCC[C@H]4C(=O)OC(C)(C)C)C[C@H](c4ccc(CO)cc4)O3)c2)c1. The predicted molar refractivity (Wildman–Crippen MR) is 200 cm³/mol. The lowest BCUT2D eigenvalue weighted by Crippen LogP contribution is -2.45. The Kier molecular flexibility index (Phi) is 14.0. The van der Waals surface area contributed by atoms with Crippen molar-refractivity contribution in [2.24, 2.45) is 0 Å². The molecule has 0 aliphatic carbocycles. The molecule has 0 spiro atoms. The van der Waals surface area contributed by atoms with Crippen LogP contribution in [0.25, 0.3) is 11.1 Å². The number of nitrogens with zero attached hydrogens (tertiary/aromatic N) is 1. The van der Waals surface area contributed by atoms with Gasteiger partial charge in [-0.1, -0.05) is 67.1 Å². The van der Waals surface area contributed by atoms with E-state index in [1.165, 1.54) is 6.92 Å². The van der Waals surface area contributed by atoms with Crippen molar-refractivity contribution in [3.05, 3.63) is 95.1 Å². The third-order valence-corrected chi connectivity index (χ3v) is 9.46. The van der Waals surface area contributed by atoms with Gasteiger partial charge in [0.25, 0.3) is 0 Å². The van der Waals surface area contributed by atoms with Crippen LogP contribution in [0.2, 0.25) is 0 Å². The fraction of sp³-hybridized carbons (Fsp3) is 0.500. The van der Waals surface area contributed by atoms with Crippen molar-refractivity contribution in [2.75, 3.05) is 19.6 Å². The second-order valence-corrected chi connectivity index (χ2v) is 14.9. The van der Waals surface area contributed by atoms with E-state index in [1.54, 1.807) is 0 Å². The Morgan fingerprint density at radius 3 is 2.37 bits per heavy atom. The van der Waals surface area contributed by atoms with Crippen LogP contribution in [-0.4, -0.2) is 65.2 Å². The number of unbranched alkanes of at least 4 members (excludes halogenated alkanes) is 2. The van der Waals surface area contributed by atoms with Gasteiger partial charge in [0.05, 0.1) is 18.8 Å². The summed E-state index contributed by atoms with van der Waals surface area (Å²) >= 11 is 0. The highest BCUT2D eigenvalue weighted by atomic mass is 16.7. The Balaban J connectivity index is 1.26. The average Bonchev–Trinajstić information content (AvgIpc) is 3.60. The summed E-state index contributed by atoms with van der Waals surface area (Å²) in [6.45, 7) is 9.63. The molecule has 3 N–H and O–H groups in total. The monoisotopic (exact) mass is 713 g/mol. The smallest absolute Gasteiger partial charge is 0.323 e. The molecule has 0 aromatic heterocycles. The quantitative estimate of drug-likeness (QED) is 0.120. The highest BCUT2D eigenvalue weighted by molar-refractivity contribution is 5.77. The van der Waals surface area contributed by atoms with E-state index in [2.05, 4.69) is 39.8 Å². The summed E-state index contributed by atoms with van der Waals surface area (Å²) in [5.41, 5.74) is 5.22. The molecule has 2 aliphatic rings. The van der Waals surface area contributed by atoms with E-state index in [4.69, 9.17) is 14.2 Å². The summed E-state index contributed by atoms with van der Waals surface area (Å²) in [7, 11) is 0. The molecule has 10 nitrogen and oxygen atoms in total. The van der Waals surface area contributed by atoms with Gasteiger partial charge in [-0.2, -0.15) is 0 Å². The molecule has 0 radical (unpaired) electrons. The van der Waals surface area contributed by atoms with E-state index in [-0.39, 0.29) is 42.6 Å². The van der Waals surface area contributed by atoms with E-state index in [0.29, 0.717) is 32.5 Å². The number of carbonyl (C=O) groups excluding carboxylic acids is 3. The van der Waals surface area contributed by atoms with Crippen molar-refractivity contribution in [1.29, 1.82) is 0 Å². The first kappa shape index (κ1) is 39.1. The van der Waals surface area contributed by atoms with Gasteiger partial charge in [0.1, 0.15) is 11.6 Å². The number of ether oxygens (including phenoxy) is 3. The largest absolute Gasteiger partial charge is 0.459 e. The number of likely N-dealkylation sites (tertiary alicyclic amines) is 1. The van der Waals surface area contributed by atoms with Gasteiger partial charge in [-0.25, -0.2) is 0 Å². The molecule has 0 bridgehead atoms. The minimum atomic E-state index is -0.635. The topological polar surface area (TPSA) is 126 Å². The molecule has 2 fully saturated rings. The Morgan fingerprint density at radius 2 is 1.63 bits per heavy atom. The third kappa shape index (κ3) is 11.7. The number of hydrogen-bond donors (Lipinski definition) is 3. The number of benzene rings is 3. The molecule has 280 valence electrons. The van der Waals surface area contributed by atoms with Gasteiger partial charge in [0.15, 0.2) is 6.29 Å². The number of hydrogen-bond acceptors (Lipinski definition) is 8. The first-order valence-corrected chi connectivity index (χ1v) is 18.7. The maximum absolute atomic E-state index is 13.1. The summed E-state index contributed by atoms with van der Waals surface area (Å²) in [4.78, 5) is 38.8. The zero-order valence-electron chi connectivity index (χ0n) is 31.1. The van der Waals surface area contributed by atoms with Gasteiger partial charge in [0, 0.05) is 45.0 Å². The van der Waals surface area contributed by atoms with Crippen LogP contribution in [0.4, 0.5) is 0 Å². The van der Waals surface area contributed by atoms with Crippen LogP contribution in [0.5, 0.6) is 0 Å². The molecule has 3 aromatic carbocycles. The van der Waals surface area contributed by atoms with E-state index in [9.17, 15) is 19.5 Å². The Labute approximate surface area is 308 Å². The number of aliphatic hydroxyl groups excluding tert-OH is 1. The van der Waals surface area contributed by atoms with Crippen LogP contribution < -0.4 is 10.6 Å². The second-order valence-electron chi connectivity index (χ2n) is 14.9. The molecule has 5 rings (SSSR count). The second kappa shape index (κ2) is 18.6. The van der Waals surface area contributed by atoms with Crippen LogP contribution in [0.15, 0.2) is 72.8 Å². The Hall–Kier alpha value is -4.09. The van der Waals surface area contributed by atoms with Gasteiger partial charge in [-0.3, -0.25) is 19.3 Å². The number of rotatable bonds is 15. The van der Waals surface area contributed by atoms with Crippen LogP contribution in [0.3, 0.4) is 0 Å². The zero-order valence-corrected chi connectivity index (χ0v) is 31.1. The highest BCUT2D eigenvalue weighted by Gasteiger charge is 2.39. The molecule has 2 amide bonds. The highest BCUT2D eigenvalue weighted by Crippen LogP contribution is 2.39. The first-order chi connectivity index (χ1) is 25.0. The minimum Gasteiger partial charge on any atom is -0.459 e. The van der Waals surface area contributed by atoms with Crippen molar-refractivity contribution in [3.8, 4) is 11.1 Å². The number of nitrogens with one attached hydrogen (secondary N) is 2. The molecule has 4 atom stereocenters. The molecule has 2 heterocycles. The first-order valence-electron chi connectivity index (χ1n) is 18.7. The van der Waals surface area contributed by atoms with Crippen molar-refractivity contribution in [1.82, 2.24) is 15.5 Å². The van der Waals surface area contributed by atoms with Crippen LogP contribution >= 0.6 is 0 Å². The Bertz CT molecular complexity index is 1640. The van der Waals surface area contributed by atoms with Crippen molar-refractivity contribution >= 4 is 17.8 Å². The maximum Gasteiger partial charge on any atom is 0.323 e. The van der Waals surface area contributed by atoms with E-state index in [0.717, 1.165) is 72.0 Å². The summed E-state index contributed by atoms with van der Waals surface area (Å²) in [6, 6.07) is 23.9. The Morgan fingerprint density at radius 1 is 0.885 bits per heavy atom. The molecule has 0 unspecified atom stereocenters. The summed E-state index contributed by atoms with van der Waals surface area (Å²) in [5, 5.41) is 15.4. The normalized spacial score (nSPS) is 20.7. The average molecular weight is 714 g/mol. The number of amides is 2. The molecule has 2 aliphatic heterocycles. The van der Waals surface area contributed by atoms with E-state index in [1.807, 2.05) is 69.3 Å². The molecular weight excluding hydrogens is 658 g/mol. The van der Waals surface area contributed by atoms with Gasteiger partial charge in [0.2, 0.25) is 11.8 Å². The summed E-state index contributed by atoms with van der Waals surface area (Å²) in [6.07, 6.45) is 4.21. The fourth-order valence-electron chi connectivity index (χ4n) is 6.84. The van der Waals surface area contributed by atoms with Crippen LogP contribution in [-0.2, 0) is 41.7 Å². The van der Waals surface area contributed by atoms with Gasteiger partial charge < -0.3 is 30.0 Å². The van der Waals surface area contributed by atoms with Crippen molar-refractivity contribution < 1.29 is 33.7 Å². The number of aliphatic hydroxyl groups is 1. The minimum absolute atomic E-state index is 0.0139. The number of esters is 1. The summed E-state index contributed by atoms with van der Waals surface area (Å²) in [5.74, 6) is -0.204. The molecule has 10 heteroatoms. The predicted octanol–water partition coefficient (Wildman–Crippen LogP) is 6.51. The van der Waals surface area contributed by atoms with Gasteiger partial charge in [-0.05, 0) is 92.9 Å². The molecule has 52 heavy (non-hydrogen) atoms. The molecule has 0 saturated carbocycles. The van der Waals surface area contributed by atoms with Crippen LogP contribution in [0, 0.1) is 0 Å². The van der Waals surface area contributed by atoms with Crippen molar-refractivity contribution in [2.45, 2.75) is 116 Å². The molecule has 2 saturated heterocycles. The molecule has 3 aromatic rings. The maximum atomic E-state index is 13.1. The zero-order chi connectivity index (χ0) is 37.1. The van der Waals surface area contributed by atoms with E-state index >= 15 is 0 Å². The standard InChI is InChI=1S/C42H55N3O7/c1-29(47)43-21-7-5-6-16-39(48)44-26-31-11-8-12-33(23-31)34-13-9-14-35(24-34)41-50-36(25-38(51-41)32-19-17-30(28-46)18-20-32)27-45-22-10-15-37(45)40(49)52-42(2,3)4/h8-9,11-14,17-20,23-24,36-38,41,46H,5-7,10,15-16,21-22,25-28H2,1-4H3,(H,43,47)(H,44,48)/t36-,37-,38+,41+/m0/s1. The number of carbonyl (C=O) groups is 3. The van der Waals surface area contributed by atoms with Crippen molar-refractivity contribution in [3.63, 3.8) is 0 Å². The third-order valence-electron chi connectivity index (χ3n) is 9.46.